The number of hydrogen-bond donors (Lipinski definition) is 1. The molecule has 0 saturated heterocycles. The lowest BCUT2D eigenvalue weighted by Crippen LogP contribution is -2.09. The van der Waals surface area contributed by atoms with Gasteiger partial charge in [0, 0.05) is 10.7 Å². The number of esters is 1. The standard InChI is InChI=1S/C12H16ClNO2/c1-2-3-4-7-16-12(15)10-6-5-9(13)8-11(10)14/h5-6,8H,2-4,7,14H2,1H3. The Bertz CT molecular complexity index is 366. The first-order chi connectivity index (χ1) is 7.65. The molecule has 0 aromatic heterocycles. The van der Waals surface area contributed by atoms with Crippen LogP contribution in [0.25, 0.3) is 0 Å². The van der Waals surface area contributed by atoms with E-state index >= 15 is 0 Å². The number of halogens is 1. The second-order valence-electron chi connectivity index (χ2n) is 3.57. The van der Waals surface area contributed by atoms with Crippen LogP contribution in [0.15, 0.2) is 18.2 Å². The molecular weight excluding hydrogens is 226 g/mol. The van der Waals surface area contributed by atoms with Gasteiger partial charge in [-0.3, -0.25) is 0 Å². The van der Waals surface area contributed by atoms with Crippen LogP contribution in [0.1, 0.15) is 36.5 Å². The Morgan fingerprint density at radius 1 is 1.44 bits per heavy atom. The molecule has 2 N–H and O–H groups in total. The number of carbonyl (C=O) groups is 1. The number of carbonyl (C=O) groups excluding carboxylic acids is 1. The van der Waals surface area contributed by atoms with Gasteiger partial charge in [0.05, 0.1) is 12.2 Å². The third kappa shape index (κ3) is 3.74. The highest BCUT2D eigenvalue weighted by molar-refractivity contribution is 6.31. The largest absolute Gasteiger partial charge is 0.462 e. The molecule has 1 aromatic carbocycles. The summed E-state index contributed by atoms with van der Waals surface area (Å²) in [6.07, 6.45) is 3.04. The highest BCUT2D eigenvalue weighted by atomic mass is 35.5. The molecule has 0 aliphatic rings. The highest BCUT2D eigenvalue weighted by Gasteiger charge is 2.10. The quantitative estimate of drug-likeness (QED) is 0.489. The van der Waals surface area contributed by atoms with Gasteiger partial charge in [0.2, 0.25) is 0 Å². The van der Waals surface area contributed by atoms with Gasteiger partial charge in [-0.2, -0.15) is 0 Å². The zero-order chi connectivity index (χ0) is 12.0. The Kier molecular flexibility index (Phi) is 5.12. The second kappa shape index (κ2) is 6.38. The Morgan fingerprint density at radius 2 is 2.19 bits per heavy atom. The molecule has 3 nitrogen and oxygen atoms in total. The molecular formula is C12H16ClNO2. The number of benzene rings is 1. The van der Waals surface area contributed by atoms with Gasteiger partial charge in [-0.05, 0) is 24.6 Å². The zero-order valence-electron chi connectivity index (χ0n) is 9.33. The van der Waals surface area contributed by atoms with Crippen LogP contribution in [-0.4, -0.2) is 12.6 Å². The van der Waals surface area contributed by atoms with E-state index in [0.29, 0.717) is 22.9 Å². The summed E-state index contributed by atoms with van der Waals surface area (Å²) in [6.45, 7) is 2.54. The lowest BCUT2D eigenvalue weighted by molar-refractivity contribution is 0.0499. The summed E-state index contributed by atoms with van der Waals surface area (Å²) in [6, 6.07) is 4.75. The van der Waals surface area contributed by atoms with E-state index in [1.807, 2.05) is 0 Å². The molecule has 0 spiro atoms. The molecule has 0 bridgehead atoms. The summed E-state index contributed by atoms with van der Waals surface area (Å²) in [5, 5.41) is 0.514. The molecule has 0 saturated carbocycles. The van der Waals surface area contributed by atoms with Crippen molar-refractivity contribution >= 4 is 23.3 Å². The summed E-state index contributed by atoms with van der Waals surface area (Å²) >= 11 is 5.74. The van der Waals surface area contributed by atoms with Gasteiger partial charge in [-0.15, -0.1) is 0 Å². The molecule has 4 heteroatoms. The molecule has 0 amide bonds. The molecule has 0 aliphatic carbocycles. The maximum absolute atomic E-state index is 11.6. The lowest BCUT2D eigenvalue weighted by atomic mass is 10.2. The molecule has 0 unspecified atom stereocenters. The minimum atomic E-state index is -0.384. The van der Waals surface area contributed by atoms with Gasteiger partial charge >= 0.3 is 5.97 Å². The van der Waals surface area contributed by atoms with Crippen molar-refractivity contribution in [3.63, 3.8) is 0 Å². The fourth-order valence-corrected chi connectivity index (χ4v) is 1.49. The van der Waals surface area contributed by atoms with Gasteiger partial charge in [-0.25, -0.2) is 4.79 Å². The zero-order valence-corrected chi connectivity index (χ0v) is 10.1. The van der Waals surface area contributed by atoms with Crippen LogP contribution in [0.2, 0.25) is 5.02 Å². The predicted octanol–water partition coefficient (Wildman–Crippen LogP) is 3.27. The van der Waals surface area contributed by atoms with Crippen molar-refractivity contribution in [1.82, 2.24) is 0 Å². The van der Waals surface area contributed by atoms with E-state index in [9.17, 15) is 4.79 Å². The highest BCUT2D eigenvalue weighted by Crippen LogP contribution is 2.18. The van der Waals surface area contributed by atoms with E-state index in [0.717, 1.165) is 19.3 Å². The Labute approximate surface area is 101 Å². The molecule has 1 rings (SSSR count). The summed E-state index contributed by atoms with van der Waals surface area (Å²) < 4.78 is 5.09. The van der Waals surface area contributed by atoms with Gasteiger partial charge < -0.3 is 10.5 Å². The van der Waals surface area contributed by atoms with Crippen molar-refractivity contribution in [3.05, 3.63) is 28.8 Å². The minimum absolute atomic E-state index is 0.355. The smallest absolute Gasteiger partial charge is 0.340 e. The summed E-state index contributed by atoms with van der Waals surface area (Å²) in [4.78, 5) is 11.6. The van der Waals surface area contributed by atoms with Crippen molar-refractivity contribution in [1.29, 1.82) is 0 Å². The maximum atomic E-state index is 11.6. The monoisotopic (exact) mass is 241 g/mol. The molecule has 0 atom stereocenters. The fourth-order valence-electron chi connectivity index (χ4n) is 1.31. The van der Waals surface area contributed by atoms with Crippen LogP contribution < -0.4 is 5.73 Å². The lowest BCUT2D eigenvalue weighted by Gasteiger charge is -2.06. The van der Waals surface area contributed by atoms with Crippen LogP contribution in [-0.2, 0) is 4.74 Å². The first-order valence-electron chi connectivity index (χ1n) is 5.37. The number of hydrogen-bond acceptors (Lipinski definition) is 3. The topological polar surface area (TPSA) is 52.3 Å². The maximum Gasteiger partial charge on any atom is 0.340 e. The number of unbranched alkanes of at least 4 members (excludes halogenated alkanes) is 2. The van der Waals surface area contributed by atoms with Gasteiger partial charge in [0.25, 0.3) is 0 Å². The number of nitrogens with two attached hydrogens (primary N) is 1. The molecule has 88 valence electrons. The first-order valence-corrected chi connectivity index (χ1v) is 5.75. The van der Waals surface area contributed by atoms with Gasteiger partial charge in [-0.1, -0.05) is 31.4 Å². The molecule has 1 aromatic rings. The van der Waals surface area contributed by atoms with Crippen LogP contribution in [0, 0.1) is 0 Å². The van der Waals surface area contributed by atoms with Crippen LogP contribution in [0.3, 0.4) is 0 Å². The second-order valence-corrected chi connectivity index (χ2v) is 4.01. The Morgan fingerprint density at radius 3 is 2.81 bits per heavy atom. The van der Waals surface area contributed by atoms with Gasteiger partial charge in [0.1, 0.15) is 0 Å². The molecule has 0 aliphatic heterocycles. The Hall–Kier alpha value is -1.22. The SMILES string of the molecule is CCCCCOC(=O)c1ccc(Cl)cc1N. The van der Waals surface area contributed by atoms with E-state index in [-0.39, 0.29) is 5.97 Å². The molecule has 0 heterocycles. The van der Waals surface area contributed by atoms with E-state index in [2.05, 4.69) is 6.92 Å². The summed E-state index contributed by atoms with van der Waals surface area (Å²) in [5.41, 5.74) is 6.40. The normalized spacial score (nSPS) is 10.1. The van der Waals surface area contributed by atoms with Crippen molar-refractivity contribution in [2.75, 3.05) is 12.3 Å². The van der Waals surface area contributed by atoms with E-state index in [4.69, 9.17) is 22.1 Å². The van der Waals surface area contributed by atoms with Crippen LogP contribution in [0.5, 0.6) is 0 Å². The summed E-state index contributed by atoms with van der Waals surface area (Å²) in [5.74, 6) is -0.384. The average Bonchev–Trinajstić information content (AvgIpc) is 2.24. The molecule has 16 heavy (non-hydrogen) atoms. The van der Waals surface area contributed by atoms with Crippen molar-refractivity contribution < 1.29 is 9.53 Å². The van der Waals surface area contributed by atoms with Crippen LogP contribution >= 0.6 is 11.6 Å². The minimum Gasteiger partial charge on any atom is -0.462 e. The van der Waals surface area contributed by atoms with E-state index in [1.165, 1.54) is 0 Å². The van der Waals surface area contributed by atoms with Crippen molar-refractivity contribution in [3.8, 4) is 0 Å². The predicted molar refractivity (Wildman–Crippen MR) is 65.7 cm³/mol. The number of nitrogen functional groups attached to an aromatic ring is 1. The number of ether oxygens (including phenoxy) is 1. The van der Waals surface area contributed by atoms with E-state index < -0.39 is 0 Å². The number of anilines is 1. The van der Waals surface area contributed by atoms with Crippen molar-refractivity contribution in [2.24, 2.45) is 0 Å². The average molecular weight is 242 g/mol. The molecule has 0 radical (unpaired) electrons. The van der Waals surface area contributed by atoms with Crippen LogP contribution in [0.4, 0.5) is 5.69 Å². The number of rotatable bonds is 5. The summed E-state index contributed by atoms with van der Waals surface area (Å²) in [7, 11) is 0. The van der Waals surface area contributed by atoms with Crippen molar-refractivity contribution in [2.45, 2.75) is 26.2 Å². The fraction of sp³-hybridized carbons (Fsp3) is 0.417. The third-order valence-corrected chi connectivity index (χ3v) is 2.45. The first kappa shape index (κ1) is 12.8. The molecule has 0 fully saturated rings. The Balaban J connectivity index is 2.53. The van der Waals surface area contributed by atoms with Gasteiger partial charge in [0.15, 0.2) is 0 Å². The third-order valence-electron chi connectivity index (χ3n) is 2.21. The van der Waals surface area contributed by atoms with E-state index in [1.54, 1.807) is 18.2 Å².